The van der Waals surface area contributed by atoms with Crippen LogP contribution in [0.5, 0.6) is 0 Å². The van der Waals surface area contributed by atoms with E-state index in [1.165, 1.54) is 16.2 Å². The molecule has 0 aliphatic heterocycles. The van der Waals surface area contributed by atoms with Crippen LogP contribution >= 0.6 is 0 Å². The van der Waals surface area contributed by atoms with Crippen LogP contribution in [-0.4, -0.2) is 18.0 Å². The third-order valence-electron chi connectivity index (χ3n) is 7.06. The first kappa shape index (κ1) is 23.3. The summed E-state index contributed by atoms with van der Waals surface area (Å²) in [4.78, 5) is 25.0. The lowest BCUT2D eigenvalue weighted by Gasteiger charge is -2.32. The fraction of sp³-hybridized carbons (Fsp3) is 0.448. The van der Waals surface area contributed by atoms with E-state index in [0.29, 0.717) is 25.7 Å². The largest absolute Gasteiger partial charge is 0.462 e. The molecule has 3 aromatic rings. The molecule has 1 saturated carbocycles. The Bertz CT molecular complexity index is 1150. The maximum absolute atomic E-state index is 13.0. The summed E-state index contributed by atoms with van der Waals surface area (Å²) in [6, 6.07) is 19.0. The van der Waals surface area contributed by atoms with Crippen molar-refractivity contribution in [2.45, 2.75) is 71.5 Å². The number of rotatable bonds is 6. The van der Waals surface area contributed by atoms with E-state index in [2.05, 4.69) is 42.5 Å². The number of fused-ring (bicyclic) bond motifs is 2. The van der Waals surface area contributed by atoms with Crippen molar-refractivity contribution in [1.82, 2.24) is 0 Å². The number of ether oxygens (including phenoxy) is 2. The van der Waals surface area contributed by atoms with E-state index in [1.54, 1.807) is 0 Å². The molecule has 4 nitrogen and oxygen atoms in total. The van der Waals surface area contributed by atoms with Gasteiger partial charge in [0.25, 0.3) is 0 Å². The van der Waals surface area contributed by atoms with Gasteiger partial charge in [-0.2, -0.15) is 0 Å². The Morgan fingerprint density at radius 3 is 2.15 bits per heavy atom. The first-order chi connectivity index (χ1) is 15.8. The van der Waals surface area contributed by atoms with E-state index in [1.807, 2.05) is 39.8 Å². The third-order valence-corrected chi connectivity index (χ3v) is 7.06. The summed E-state index contributed by atoms with van der Waals surface area (Å²) in [6.07, 6.45) is 3.50. The summed E-state index contributed by atoms with van der Waals surface area (Å²) < 4.78 is 11.6. The number of benzene rings is 3. The summed E-state index contributed by atoms with van der Waals surface area (Å²) in [7, 11) is 0. The van der Waals surface area contributed by atoms with Crippen LogP contribution in [0.4, 0.5) is 0 Å². The molecular formula is C29H34O4. The first-order valence-electron chi connectivity index (χ1n) is 12.1. The first-order valence-corrected chi connectivity index (χ1v) is 12.1. The molecule has 0 heterocycles. The predicted octanol–water partition coefficient (Wildman–Crippen LogP) is 6.92. The number of hydrogen-bond donors (Lipinski definition) is 0. The quantitative estimate of drug-likeness (QED) is 0.305. The SMILES string of the molecule is CCC(C)C(=O)OC1CCC(C(=O)OC(C)(C)c2ccc3cc4ccccc4cc3c2)CC1. The van der Waals surface area contributed by atoms with Crippen LogP contribution in [0.3, 0.4) is 0 Å². The van der Waals surface area contributed by atoms with Crippen molar-refractivity contribution >= 4 is 33.5 Å². The van der Waals surface area contributed by atoms with Gasteiger partial charge in [0.05, 0.1) is 11.8 Å². The van der Waals surface area contributed by atoms with Crippen LogP contribution in [0, 0.1) is 11.8 Å². The van der Waals surface area contributed by atoms with Crippen LogP contribution in [-0.2, 0) is 24.7 Å². The molecule has 4 rings (SSSR count). The molecule has 0 aromatic heterocycles. The highest BCUT2D eigenvalue weighted by molar-refractivity contribution is 5.98. The number of carbonyl (C=O) groups is 2. The lowest BCUT2D eigenvalue weighted by atomic mass is 9.87. The molecule has 0 spiro atoms. The van der Waals surface area contributed by atoms with Gasteiger partial charge in [-0.25, -0.2) is 0 Å². The van der Waals surface area contributed by atoms with Gasteiger partial charge < -0.3 is 9.47 Å². The second-order valence-electron chi connectivity index (χ2n) is 9.91. The molecular weight excluding hydrogens is 412 g/mol. The summed E-state index contributed by atoms with van der Waals surface area (Å²) in [5.74, 6) is -0.514. The molecule has 0 radical (unpaired) electrons. The zero-order valence-electron chi connectivity index (χ0n) is 20.1. The van der Waals surface area contributed by atoms with E-state index >= 15 is 0 Å². The Morgan fingerprint density at radius 1 is 0.909 bits per heavy atom. The zero-order valence-corrected chi connectivity index (χ0v) is 20.1. The molecule has 174 valence electrons. The predicted molar refractivity (Wildman–Crippen MR) is 132 cm³/mol. The van der Waals surface area contributed by atoms with Gasteiger partial charge in [0.2, 0.25) is 0 Å². The second kappa shape index (κ2) is 9.54. The van der Waals surface area contributed by atoms with E-state index < -0.39 is 5.60 Å². The molecule has 0 amide bonds. The van der Waals surface area contributed by atoms with Crippen LogP contribution in [0.2, 0.25) is 0 Å². The van der Waals surface area contributed by atoms with Crippen molar-refractivity contribution in [1.29, 1.82) is 0 Å². The van der Waals surface area contributed by atoms with E-state index in [-0.39, 0.29) is 29.9 Å². The monoisotopic (exact) mass is 446 g/mol. The number of carbonyl (C=O) groups excluding carboxylic acids is 2. The molecule has 1 aliphatic rings. The Kier molecular flexibility index (Phi) is 6.73. The average molecular weight is 447 g/mol. The van der Waals surface area contributed by atoms with Gasteiger partial charge in [0, 0.05) is 0 Å². The van der Waals surface area contributed by atoms with E-state index in [4.69, 9.17) is 9.47 Å². The normalized spacial score (nSPS) is 19.9. The standard InChI is InChI=1S/C29H34O4/c1-5-19(2)27(30)32-26-14-11-20(12-15-26)28(31)33-29(3,4)25-13-10-23-16-21-8-6-7-9-22(21)17-24(23)18-25/h6-10,13,16-20,26H,5,11-12,14-15H2,1-4H3. The van der Waals surface area contributed by atoms with Gasteiger partial charge in [-0.1, -0.05) is 50.2 Å². The second-order valence-corrected chi connectivity index (χ2v) is 9.91. The minimum Gasteiger partial charge on any atom is -0.462 e. The molecule has 0 saturated heterocycles. The van der Waals surface area contributed by atoms with Gasteiger partial charge in [-0.15, -0.1) is 0 Å². The maximum Gasteiger partial charge on any atom is 0.309 e. The summed E-state index contributed by atoms with van der Waals surface area (Å²) in [6.45, 7) is 7.78. The highest BCUT2D eigenvalue weighted by atomic mass is 16.6. The van der Waals surface area contributed by atoms with Gasteiger partial charge in [0.1, 0.15) is 11.7 Å². The Labute approximate surface area is 196 Å². The van der Waals surface area contributed by atoms with Gasteiger partial charge >= 0.3 is 11.9 Å². The average Bonchev–Trinajstić information content (AvgIpc) is 2.81. The molecule has 3 aromatic carbocycles. The Hall–Kier alpha value is -2.88. The minimum atomic E-state index is -0.725. The van der Waals surface area contributed by atoms with Crippen molar-refractivity contribution in [3.8, 4) is 0 Å². The summed E-state index contributed by atoms with van der Waals surface area (Å²) in [5.41, 5.74) is 0.256. The topological polar surface area (TPSA) is 52.6 Å². The zero-order chi connectivity index (χ0) is 23.6. The lowest BCUT2D eigenvalue weighted by molar-refractivity contribution is -0.166. The van der Waals surface area contributed by atoms with E-state index in [0.717, 1.165) is 17.4 Å². The smallest absolute Gasteiger partial charge is 0.309 e. The van der Waals surface area contributed by atoms with Crippen molar-refractivity contribution in [3.05, 3.63) is 60.2 Å². The van der Waals surface area contributed by atoms with E-state index in [9.17, 15) is 9.59 Å². The molecule has 1 atom stereocenters. The van der Waals surface area contributed by atoms with Gasteiger partial charge in [-0.05, 0) is 91.3 Å². The number of esters is 2. The van der Waals surface area contributed by atoms with Crippen LogP contribution in [0.15, 0.2) is 54.6 Å². The van der Waals surface area contributed by atoms with Crippen LogP contribution in [0.1, 0.15) is 65.4 Å². The lowest BCUT2D eigenvalue weighted by Crippen LogP contribution is -2.34. The molecule has 1 unspecified atom stereocenters. The molecule has 0 bridgehead atoms. The molecule has 0 N–H and O–H groups in total. The highest BCUT2D eigenvalue weighted by Crippen LogP contribution is 2.34. The van der Waals surface area contributed by atoms with Crippen molar-refractivity contribution in [3.63, 3.8) is 0 Å². The minimum absolute atomic E-state index is 0.0755. The fourth-order valence-corrected chi connectivity index (χ4v) is 4.57. The summed E-state index contributed by atoms with van der Waals surface area (Å²) >= 11 is 0. The highest BCUT2D eigenvalue weighted by Gasteiger charge is 2.34. The molecule has 1 fully saturated rings. The van der Waals surface area contributed by atoms with Crippen LogP contribution in [0.25, 0.3) is 21.5 Å². The summed E-state index contributed by atoms with van der Waals surface area (Å²) in [5, 5.41) is 4.72. The van der Waals surface area contributed by atoms with Crippen molar-refractivity contribution in [2.24, 2.45) is 11.8 Å². The van der Waals surface area contributed by atoms with Crippen molar-refractivity contribution in [2.75, 3.05) is 0 Å². The fourth-order valence-electron chi connectivity index (χ4n) is 4.57. The van der Waals surface area contributed by atoms with Gasteiger partial charge in [0.15, 0.2) is 0 Å². The van der Waals surface area contributed by atoms with Crippen LogP contribution < -0.4 is 0 Å². The number of hydrogen-bond acceptors (Lipinski definition) is 4. The molecule has 4 heteroatoms. The molecule has 33 heavy (non-hydrogen) atoms. The third kappa shape index (κ3) is 5.21. The van der Waals surface area contributed by atoms with Gasteiger partial charge in [-0.3, -0.25) is 9.59 Å². The Balaban J connectivity index is 1.41. The van der Waals surface area contributed by atoms with Crippen molar-refractivity contribution < 1.29 is 19.1 Å². The maximum atomic E-state index is 13.0. The molecule has 1 aliphatic carbocycles. The Morgan fingerprint density at radius 2 is 1.52 bits per heavy atom.